The Morgan fingerprint density at radius 3 is 2.50 bits per heavy atom. The van der Waals surface area contributed by atoms with Crippen molar-refractivity contribution in [2.45, 2.75) is 40.1 Å². The number of carbonyl (C=O) groups is 2. The Balaban J connectivity index is 3.98. The Morgan fingerprint density at radius 2 is 2.08 bits per heavy atom. The van der Waals surface area contributed by atoms with E-state index < -0.39 is 6.04 Å². The van der Waals surface area contributed by atoms with Crippen molar-refractivity contribution in [3.63, 3.8) is 0 Å². The summed E-state index contributed by atoms with van der Waals surface area (Å²) < 4.78 is 6.83. The maximum absolute atomic E-state index is 11.3. The van der Waals surface area contributed by atoms with Crippen LogP contribution in [0.15, 0.2) is 0 Å². The van der Waals surface area contributed by atoms with Crippen molar-refractivity contribution in [3.8, 4) is 0 Å². The van der Waals surface area contributed by atoms with Crippen molar-refractivity contribution in [3.05, 3.63) is 0 Å². The van der Waals surface area contributed by atoms with Crippen LogP contribution in [0.3, 0.4) is 0 Å². The Labute approximate surface area is 74.9 Å². The maximum Gasteiger partial charge on any atom is 0.223 e. The van der Waals surface area contributed by atoms with Crippen LogP contribution in [0.1, 0.15) is 35.5 Å². The number of hydrogen-bond acceptors (Lipinski definition) is 2. The van der Waals surface area contributed by atoms with E-state index in [4.69, 9.17) is 1.37 Å². The van der Waals surface area contributed by atoms with Gasteiger partial charge in [-0.1, -0.05) is 13.8 Å². The lowest BCUT2D eigenvalue weighted by molar-refractivity contribution is -0.128. The quantitative estimate of drug-likeness (QED) is 0.691. The number of hydrogen-bond donors (Lipinski definition) is 1. The lowest BCUT2D eigenvalue weighted by Crippen LogP contribution is -2.40. The van der Waals surface area contributed by atoms with E-state index in [0.717, 1.165) is 6.42 Å². The molecule has 2 unspecified atom stereocenters. The van der Waals surface area contributed by atoms with E-state index in [1.54, 1.807) is 6.92 Å². The zero-order valence-electron chi connectivity index (χ0n) is 8.89. The van der Waals surface area contributed by atoms with E-state index in [9.17, 15) is 9.59 Å². The van der Waals surface area contributed by atoms with Gasteiger partial charge in [0.2, 0.25) is 5.91 Å². The summed E-state index contributed by atoms with van der Waals surface area (Å²) in [6, 6.07) is -0.529. The second-order valence-corrected chi connectivity index (χ2v) is 3.01. The zero-order chi connectivity index (χ0) is 10.4. The SMILES string of the molecule is [2H]CC(=O)C(C)NC(=O)C(C)CC. The smallest absolute Gasteiger partial charge is 0.223 e. The zero-order valence-corrected chi connectivity index (χ0v) is 7.89. The Kier molecular flexibility index (Phi) is 3.77. The number of ketones is 1. The van der Waals surface area contributed by atoms with E-state index in [2.05, 4.69) is 5.32 Å². The molecule has 1 amide bonds. The minimum absolute atomic E-state index is 0.0685. The fourth-order valence-electron chi connectivity index (χ4n) is 0.622. The monoisotopic (exact) mass is 172 g/mol. The van der Waals surface area contributed by atoms with Gasteiger partial charge in [-0.05, 0) is 20.2 Å². The first-order valence-corrected chi connectivity index (χ1v) is 4.15. The molecule has 0 aromatic heterocycles. The first-order chi connectivity index (χ1) is 6.02. The molecule has 0 saturated carbocycles. The molecule has 3 heteroatoms. The molecule has 3 nitrogen and oxygen atoms in total. The Bertz CT molecular complexity index is 194. The van der Waals surface area contributed by atoms with Crippen LogP contribution in [-0.4, -0.2) is 17.7 Å². The Hall–Kier alpha value is -0.860. The van der Waals surface area contributed by atoms with Gasteiger partial charge in [0.15, 0.2) is 5.78 Å². The minimum atomic E-state index is -0.529. The lowest BCUT2D eigenvalue weighted by atomic mass is 10.1. The molecule has 0 aliphatic rings. The fraction of sp³-hybridized carbons (Fsp3) is 0.778. The molecular formula is C9H17NO2. The van der Waals surface area contributed by atoms with Gasteiger partial charge in [-0.2, -0.15) is 0 Å². The number of Topliss-reactive ketones (excluding diaryl/α,β-unsaturated/α-hetero) is 1. The molecule has 70 valence electrons. The van der Waals surface area contributed by atoms with E-state index in [1.165, 1.54) is 0 Å². The van der Waals surface area contributed by atoms with Crippen LogP contribution in [-0.2, 0) is 9.59 Å². The van der Waals surface area contributed by atoms with Gasteiger partial charge in [-0.15, -0.1) is 0 Å². The van der Waals surface area contributed by atoms with Crippen molar-refractivity contribution in [1.82, 2.24) is 5.32 Å². The molecule has 2 atom stereocenters. The van der Waals surface area contributed by atoms with Crippen LogP contribution >= 0.6 is 0 Å². The van der Waals surface area contributed by atoms with Gasteiger partial charge in [0.05, 0.1) is 6.04 Å². The standard InChI is InChI=1S/C9H17NO2/c1-5-6(2)9(12)10-7(3)8(4)11/h6-7H,5H2,1-4H3,(H,10,12)/i4D. The number of nitrogens with one attached hydrogen (secondary N) is 1. The normalized spacial score (nSPS) is 16.1. The maximum atomic E-state index is 11.3. The molecule has 12 heavy (non-hydrogen) atoms. The number of rotatable bonds is 4. The molecular weight excluding hydrogens is 154 g/mol. The van der Waals surface area contributed by atoms with E-state index >= 15 is 0 Å². The van der Waals surface area contributed by atoms with Gasteiger partial charge in [-0.25, -0.2) is 0 Å². The molecule has 0 spiro atoms. The van der Waals surface area contributed by atoms with Gasteiger partial charge in [0, 0.05) is 7.29 Å². The average Bonchev–Trinajstić information content (AvgIpc) is 2.14. The summed E-state index contributed by atoms with van der Waals surface area (Å²) >= 11 is 0. The fourth-order valence-corrected chi connectivity index (χ4v) is 0.622. The van der Waals surface area contributed by atoms with Crippen molar-refractivity contribution >= 4 is 11.7 Å². The van der Waals surface area contributed by atoms with Crippen LogP contribution in [0.5, 0.6) is 0 Å². The largest absolute Gasteiger partial charge is 0.346 e. The van der Waals surface area contributed by atoms with Crippen LogP contribution < -0.4 is 5.32 Å². The minimum Gasteiger partial charge on any atom is -0.346 e. The van der Waals surface area contributed by atoms with Crippen LogP contribution in [0.25, 0.3) is 0 Å². The topological polar surface area (TPSA) is 46.2 Å². The van der Waals surface area contributed by atoms with Crippen LogP contribution in [0.2, 0.25) is 0 Å². The summed E-state index contributed by atoms with van der Waals surface area (Å²) in [5.41, 5.74) is 0. The second-order valence-electron chi connectivity index (χ2n) is 3.01. The molecule has 0 aromatic rings. The first kappa shape index (κ1) is 9.23. The molecule has 0 aliphatic carbocycles. The molecule has 0 fully saturated rings. The summed E-state index contributed by atoms with van der Waals surface area (Å²) in [4.78, 5) is 22.2. The molecule has 0 bridgehead atoms. The molecule has 0 saturated heterocycles. The molecule has 0 radical (unpaired) electrons. The van der Waals surface area contributed by atoms with Crippen molar-refractivity contribution in [2.75, 3.05) is 0 Å². The summed E-state index contributed by atoms with van der Waals surface area (Å²) in [5.74, 6) is -0.436. The number of amides is 1. The highest BCUT2D eigenvalue weighted by molar-refractivity contribution is 5.87. The van der Waals surface area contributed by atoms with E-state index in [0.29, 0.717) is 0 Å². The van der Waals surface area contributed by atoms with Crippen molar-refractivity contribution in [1.29, 1.82) is 0 Å². The second kappa shape index (κ2) is 4.91. The van der Waals surface area contributed by atoms with E-state index in [-0.39, 0.29) is 24.5 Å². The average molecular weight is 172 g/mol. The summed E-state index contributed by atoms with van der Waals surface area (Å²) in [6.07, 6.45) is 0.758. The van der Waals surface area contributed by atoms with Crippen LogP contribution in [0, 0.1) is 5.92 Å². The summed E-state index contributed by atoms with van der Waals surface area (Å²) in [6.45, 7) is 5.06. The molecule has 0 rings (SSSR count). The highest BCUT2D eigenvalue weighted by Crippen LogP contribution is 2.00. The number of carbonyl (C=O) groups excluding carboxylic acids is 2. The molecule has 0 heterocycles. The van der Waals surface area contributed by atoms with Gasteiger partial charge in [0.1, 0.15) is 0 Å². The predicted octanol–water partition coefficient (Wildman–Crippen LogP) is 1.13. The lowest BCUT2D eigenvalue weighted by Gasteiger charge is -2.13. The third kappa shape index (κ3) is 3.51. The van der Waals surface area contributed by atoms with Gasteiger partial charge >= 0.3 is 0 Å². The third-order valence-electron chi connectivity index (χ3n) is 1.90. The van der Waals surface area contributed by atoms with Crippen molar-refractivity contribution < 1.29 is 11.0 Å². The van der Waals surface area contributed by atoms with Gasteiger partial charge in [0.25, 0.3) is 0 Å². The van der Waals surface area contributed by atoms with Gasteiger partial charge < -0.3 is 5.32 Å². The highest BCUT2D eigenvalue weighted by atomic mass is 16.2. The van der Waals surface area contributed by atoms with Crippen LogP contribution in [0.4, 0.5) is 0 Å². The van der Waals surface area contributed by atoms with Crippen molar-refractivity contribution in [2.24, 2.45) is 5.92 Å². The molecule has 0 aromatic carbocycles. The first-order valence-electron chi connectivity index (χ1n) is 4.85. The molecule has 1 N–H and O–H groups in total. The van der Waals surface area contributed by atoms with E-state index in [1.807, 2.05) is 13.8 Å². The highest BCUT2D eigenvalue weighted by Gasteiger charge is 2.15. The molecule has 0 aliphatic heterocycles. The summed E-state index contributed by atoms with van der Waals surface area (Å²) in [7, 11) is 0. The predicted molar refractivity (Wildman–Crippen MR) is 47.7 cm³/mol. The van der Waals surface area contributed by atoms with Gasteiger partial charge in [-0.3, -0.25) is 9.59 Å². The third-order valence-corrected chi connectivity index (χ3v) is 1.90. The summed E-state index contributed by atoms with van der Waals surface area (Å²) in [5, 5.41) is 2.57. The Morgan fingerprint density at radius 1 is 1.50 bits per heavy atom.